The van der Waals surface area contributed by atoms with Gasteiger partial charge in [-0.25, -0.2) is 4.79 Å². The second-order valence-corrected chi connectivity index (χ2v) is 5.81. The van der Waals surface area contributed by atoms with E-state index in [0.717, 1.165) is 0 Å². The number of halogens is 2. The molecule has 0 aromatic heterocycles. The van der Waals surface area contributed by atoms with Gasteiger partial charge in [0.2, 0.25) is 0 Å². The van der Waals surface area contributed by atoms with Gasteiger partial charge in [-0.2, -0.15) is 0 Å². The first kappa shape index (κ1) is 16.3. The van der Waals surface area contributed by atoms with Crippen LogP contribution < -0.4 is 20.1 Å². The number of fused-ring (bicyclic) bond motifs is 1. The number of amides is 2. The normalized spacial score (nSPS) is 24.2. The summed E-state index contributed by atoms with van der Waals surface area (Å²) in [7, 11) is 0. The van der Waals surface area contributed by atoms with Gasteiger partial charge in [-0.3, -0.25) is 4.79 Å². The molecule has 0 saturated heterocycles. The third-order valence-corrected chi connectivity index (χ3v) is 4.07. The average molecular weight is 342 g/mol. The molecule has 1 aliphatic carbocycles. The van der Waals surface area contributed by atoms with E-state index in [2.05, 4.69) is 20.1 Å². The summed E-state index contributed by atoms with van der Waals surface area (Å²) in [6.45, 7) is 0. The molecule has 3 rings (SSSR count). The first-order valence-corrected chi connectivity index (χ1v) is 7.52. The number of ether oxygens (including phenoxy) is 2. The topological polar surface area (TPSA) is 96.9 Å². The molecule has 1 aromatic rings. The number of carboxylic acids is 1. The summed E-state index contributed by atoms with van der Waals surface area (Å²) in [5, 5.41) is 14.2. The Bertz CT molecular complexity index is 659. The van der Waals surface area contributed by atoms with Gasteiger partial charge in [-0.1, -0.05) is 0 Å². The number of aliphatic carboxylic acids is 1. The summed E-state index contributed by atoms with van der Waals surface area (Å²) < 4.78 is 34.5. The summed E-state index contributed by atoms with van der Waals surface area (Å²) in [5.74, 6) is -1.42. The van der Waals surface area contributed by atoms with Gasteiger partial charge in [-0.05, 0) is 37.8 Å². The molecule has 0 atom stereocenters. The zero-order valence-corrected chi connectivity index (χ0v) is 12.6. The van der Waals surface area contributed by atoms with Crippen molar-refractivity contribution in [3.8, 4) is 11.5 Å². The maximum absolute atomic E-state index is 12.9. The third-order valence-electron chi connectivity index (χ3n) is 4.07. The summed E-state index contributed by atoms with van der Waals surface area (Å²) in [6, 6.07) is 3.35. The lowest BCUT2D eigenvalue weighted by Crippen LogP contribution is -2.40. The number of anilines is 1. The van der Waals surface area contributed by atoms with E-state index in [1.54, 1.807) is 0 Å². The largest absolute Gasteiger partial charge is 0.586 e. The van der Waals surface area contributed by atoms with Crippen LogP contribution in [0.3, 0.4) is 0 Å². The van der Waals surface area contributed by atoms with Crippen molar-refractivity contribution in [2.24, 2.45) is 5.92 Å². The lowest BCUT2D eigenvalue weighted by atomic mass is 9.86. The Morgan fingerprint density at radius 2 is 1.79 bits per heavy atom. The molecule has 1 aromatic carbocycles. The van der Waals surface area contributed by atoms with Gasteiger partial charge in [0.1, 0.15) is 0 Å². The third kappa shape index (κ3) is 3.66. The highest BCUT2D eigenvalue weighted by molar-refractivity contribution is 5.89. The average Bonchev–Trinajstić information content (AvgIpc) is 2.80. The molecule has 0 unspecified atom stereocenters. The van der Waals surface area contributed by atoms with Gasteiger partial charge in [0.05, 0.1) is 5.92 Å². The summed E-state index contributed by atoms with van der Waals surface area (Å²) in [6.07, 6.45) is -1.51. The lowest BCUT2D eigenvalue weighted by Gasteiger charge is -2.26. The fourth-order valence-corrected chi connectivity index (χ4v) is 2.86. The van der Waals surface area contributed by atoms with Crippen molar-refractivity contribution in [2.45, 2.75) is 38.0 Å². The summed E-state index contributed by atoms with van der Waals surface area (Å²) in [5.41, 5.74) is 0.284. The number of rotatable bonds is 3. The molecule has 0 spiro atoms. The molecule has 3 N–H and O–H groups in total. The van der Waals surface area contributed by atoms with E-state index in [0.29, 0.717) is 25.7 Å². The minimum Gasteiger partial charge on any atom is -0.481 e. The maximum atomic E-state index is 12.9. The van der Waals surface area contributed by atoms with Crippen LogP contribution in [0.1, 0.15) is 25.7 Å². The van der Waals surface area contributed by atoms with Crippen LogP contribution in [0.2, 0.25) is 0 Å². The van der Waals surface area contributed by atoms with Gasteiger partial charge in [0.15, 0.2) is 11.5 Å². The van der Waals surface area contributed by atoms with Crippen molar-refractivity contribution in [1.29, 1.82) is 0 Å². The molecule has 2 aliphatic rings. The monoisotopic (exact) mass is 342 g/mol. The van der Waals surface area contributed by atoms with Crippen LogP contribution in [0.25, 0.3) is 0 Å². The van der Waals surface area contributed by atoms with E-state index in [1.165, 1.54) is 18.2 Å². The zero-order valence-electron chi connectivity index (χ0n) is 12.6. The van der Waals surface area contributed by atoms with Crippen molar-refractivity contribution < 1.29 is 33.0 Å². The first-order valence-electron chi connectivity index (χ1n) is 7.52. The fraction of sp³-hybridized carbons (Fsp3) is 0.467. The Morgan fingerprint density at radius 3 is 2.46 bits per heavy atom. The highest BCUT2D eigenvalue weighted by Gasteiger charge is 2.43. The van der Waals surface area contributed by atoms with E-state index in [1.807, 2.05) is 0 Å². The minimum absolute atomic E-state index is 0.0991. The Morgan fingerprint density at radius 1 is 1.12 bits per heavy atom. The molecule has 1 heterocycles. The first-order chi connectivity index (χ1) is 11.3. The van der Waals surface area contributed by atoms with Crippen molar-refractivity contribution in [3.63, 3.8) is 0 Å². The van der Waals surface area contributed by atoms with Crippen LogP contribution in [0.4, 0.5) is 19.3 Å². The van der Waals surface area contributed by atoms with Gasteiger partial charge >= 0.3 is 18.3 Å². The highest BCUT2D eigenvalue weighted by atomic mass is 19.3. The number of urea groups is 1. The second-order valence-electron chi connectivity index (χ2n) is 5.81. The molecule has 9 heteroatoms. The predicted molar refractivity (Wildman–Crippen MR) is 78.2 cm³/mol. The summed E-state index contributed by atoms with van der Waals surface area (Å²) in [4.78, 5) is 22.9. The molecule has 7 nitrogen and oxygen atoms in total. The number of hydrogen-bond acceptors (Lipinski definition) is 4. The number of benzene rings is 1. The molecule has 24 heavy (non-hydrogen) atoms. The fourth-order valence-electron chi connectivity index (χ4n) is 2.86. The zero-order chi connectivity index (χ0) is 17.3. The van der Waals surface area contributed by atoms with Crippen LogP contribution in [0, 0.1) is 5.92 Å². The number of hydrogen-bond donors (Lipinski definition) is 3. The Labute approximate surface area is 135 Å². The SMILES string of the molecule is O=C(Nc1ccc2c(c1)OC(F)(F)O2)NC1CCC(C(=O)O)CC1. The van der Waals surface area contributed by atoms with Crippen LogP contribution >= 0.6 is 0 Å². The van der Waals surface area contributed by atoms with Gasteiger partial charge < -0.3 is 25.2 Å². The Hall–Kier alpha value is -2.58. The molecule has 1 fully saturated rings. The van der Waals surface area contributed by atoms with Crippen molar-refractivity contribution in [1.82, 2.24) is 5.32 Å². The number of alkyl halides is 2. The molecule has 0 radical (unpaired) electrons. The Kier molecular flexibility index (Phi) is 4.16. The molecular weight excluding hydrogens is 326 g/mol. The number of carbonyl (C=O) groups excluding carboxylic acids is 1. The Balaban J connectivity index is 1.52. The van der Waals surface area contributed by atoms with E-state index >= 15 is 0 Å². The summed E-state index contributed by atoms with van der Waals surface area (Å²) >= 11 is 0. The van der Waals surface area contributed by atoms with E-state index in [-0.39, 0.29) is 29.1 Å². The van der Waals surface area contributed by atoms with Gasteiger partial charge in [0.25, 0.3) is 0 Å². The van der Waals surface area contributed by atoms with Gasteiger partial charge in [-0.15, -0.1) is 8.78 Å². The van der Waals surface area contributed by atoms with Crippen molar-refractivity contribution in [2.75, 3.05) is 5.32 Å². The molecule has 1 aliphatic heterocycles. The number of carboxylic acid groups (broad SMARTS) is 1. The van der Waals surface area contributed by atoms with Crippen LogP contribution in [-0.2, 0) is 4.79 Å². The van der Waals surface area contributed by atoms with Crippen LogP contribution in [0.15, 0.2) is 18.2 Å². The quantitative estimate of drug-likeness (QED) is 0.785. The van der Waals surface area contributed by atoms with Crippen LogP contribution in [-0.4, -0.2) is 29.4 Å². The number of carbonyl (C=O) groups is 2. The van der Waals surface area contributed by atoms with E-state index in [9.17, 15) is 18.4 Å². The standard InChI is InChI=1S/C15H16F2N2O5/c16-15(17)23-11-6-5-10(7-12(11)24-15)19-14(22)18-9-3-1-8(2-4-9)13(20)21/h5-9H,1-4H2,(H,20,21)(H2,18,19,22). The predicted octanol–water partition coefficient (Wildman–Crippen LogP) is 2.77. The van der Waals surface area contributed by atoms with Crippen molar-refractivity contribution in [3.05, 3.63) is 18.2 Å². The smallest absolute Gasteiger partial charge is 0.481 e. The minimum atomic E-state index is -3.70. The molecular formula is C15H16F2N2O5. The highest BCUT2D eigenvalue weighted by Crippen LogP contribution is 2.42. The molecule has 0 bridgehead atoms. The van der Waals surface area contributed by atoms with E-state index in [4.69, 9.17) is 5.11 Å². The molecule has 2 amide bonds. The second kappa shape index (κ2) is 6.14. The molecule has 1 saturated carbocycles. The lowest BCUT2D eigenvalue weighted by molar-refractivity contribution is -0.286. The van der Waals surface area contributed by atoms with Crippen LogP contribution in [0.5, 0.6) is 11.5 Å². The molecule has 130 valence electrons. The van der Waals surface area contributed by atoms with E-state index < -0.39 is 18.3 Å². The maximum Gasteiger partial charge on any atom is 0.586 e. The van der Waals surface area contributed by atoms with Gasteiger partial charge in [0, 0.05) is 17.8 Å². The number of nitrogens with one attached hydrogen (secondary N) is 2. The van der Waals surface area contributed by atoms with Crippen molar-refractivity contribution >= 4 is 17.7 Å².